The number of carbonyl (C=O) groups excluding carboxylic acids is 2. The minimum atomic E-state index is -0.544. The average Bonchev–Trinajstić information content (AvgIpc) is 2.41. The first-order chi connectivity index (χ1) is 10.6. The molecule has 0 aliphatic rings. The van der Waals surface area contributed by atoms with Crippen LogP contribution >= 0.6 is 34.2 Å². The Hall–Kier alpha value is -1.09. The van der Waals surface area contributed by atoms with Gasteiger partial charge in [-0.25, -0.2) is 9.18 Å². The number of rotatable bonds is 5. The number of ether oxygens (including phenoxy) is 1. The van der Waals surface area contributed by atoms with Crippen LogP contribution in [-0.4, -0.2) is 30.7 Å². The van der Waals surface area contributed by atoms with Crippen LogP contribution < -0.4 is 10.6 Å². The monoisotopic (exact) mass is 456 g/mol. The Bertz CT molecular complexity index is 568. The maximum Gasteiger partial charge on any atom is 0.407 e. The van der Waals surface area contributed by atoms with Gasteiger partial charge in [0.05, 0.1) is 8.59 Å². The van der Waals surface area contributed by atoms with Crippen LogP contribution in [0.2, 0.25) is 5.02 Å². The van der Waals surface area contributed by atoms with E-state index in [0.717, 1.165) is 0 Å². The molecule has 0 heterocycles. The molecule has 0 atom stereocenters. The van der Waals surface area contributed by atoms with Crippen molar-refractivity contribution in [1.29, 1.82) is 0 Å². The summed E-state index contributed by atoms with van der Waals surface area (Å²) in [6, 6.07) is 2.71. The van der Waals surface area contributed by atoms with Gasteiger partial charge in [-0.2, -0.15) is 0 Å². The van der Waals surface area contributed by atoms with Gasteiger partial charge >= 0.3 is 6.09 Å². The molecule has 0 saturated heterocycles. The summed E-state index contributed by atoms with van der Waals surface area (Å²) >= 11 is 7.49. The zero-order chi connectivity index (χ0) is 17.6. The summed E-state index contributed by atoms with van der Waals surface area (Å²) in [6.07, 6.45) is 0.0421. The lowest BCUT2D eigenvalue weighted by atomic mass is 10.2. The molecule has 8 heteroatoms. The summed E-state index contributed by atoms with van der Waals surface area (Å²) in [5, 5.41) is 5.18. The molecule has 0 aliphatic carbocycles. The topological polar surface area (TPSA) is 67.4 Å². The number of carbonyl (C=O) groups is 2. The van der Waals surface area contributed by atoms with E-state index in [0.29, 0.717) is 25.1 Å². The first-order valence-electron chi connectivity index (χ1n) is 7.00. The third-order valence-electron chi connectivity index (χ3n) is 2.55. The van der Waals surface area contributed by atoms with E-state index in [1.165, 1.54) is 12.1 Å². The van der Waals surface area contributed by atoms with Crippen molar-refractivity contribution in [1.82, 2.24) is 10.6 Å². The lowest BCUT2D eigenvalue weighted by molar-refractivity contribution is 0.0527. The van der Waals surface area contributed by atoms with Crippen molar-refractivity contribution in [3.63, 3.8) is 0 Å². The number of hydrogen-bond acceptors (Lipinski definition) is 3. The third kappa shape index (κ3) is 7.34. The molecule has 0 bridgehead atoms. The van der Waals surface area contributed by atoms with Crippen LogP contribution in [0.15, 0.2) is 12.1 Å². The molecule has 1 aromatic carbocycles. The van der Waals surface area contributed by atoms with Crippen LogP contribution in [0.25, 0.3) is 0 Å². The van der Waals surface area contributed by atoms with Gasteiger partial charge < -0.3 is 15.4 Å². The van der Waals surface area contributed by atoms with Crippen molar-refractivity contribution in [2.45, 2.75) is 32.8 Å². The maximum absolute atomic E-state index is 13.4. The van der Waals surface area contributed by atoms with E-state index < -0.39 is 17.5 Å². The van der Waals surface area contributed by atoms with Gasteiger partial charge in [0.25, 0.3) is 5.91 Å². The van der Waals surface area contributed by atoms with Gasteiger partial charge in [-0.3, -0.25) is 4.79 Å². The van der Waals surface area contributed by atoms with Gasteiger partial charge in [0, 0.05) is 18.7 Å². The van der Waals surface area contributed by atoms with E-state index in [-0.39, 0.29) is 14.5 Å². The molecule has 1 aromatic rings. The Morgan fingerprint density at radius 3 is 2.43 bits per heavy atom. The highest BCUT2D eigenvalue weighted by Crippen LogP contribution is 2.22. The Labute approximate surface area is 153 Å². The zero-order valence-corrected chi connectivity index (χ0v) is 16.0. The van der Waals surface area contributed by atoms with E-state index in [1.807, 2.05) is 0 Å². The molecular weight excluding hydrogens is 438 g/mol. The van der Waals surface area contributed by atoms with Crippen molar-refractivity contribution in [2.75, 3.05) is 13.1 Å². The molecule has 2 N–H and O–H groups in total. The second kappa shape index (κ2) is 8.68. The number of amides is 2. The summed E-state index contributed by atoms with van der Waals surface area (Å²) in [7, 11) is 0. The van der Waals surface area contributed by atoms with Gasteiger partial charge in [-0.05, 0) is 61.9 Å². The van der Waals surface area contributed by atoms with Crippen LogP contribution in [-0.2, 0) is 4.74 Å². The van der Waals surface area contributed by atoms with Crippen molar-refractivity contribution in [2.24, 2.45) is 0 Å². The molecular formula is C15H19ClFIN2O3. The first-order valence-corrected chi connectivity index (χ1v) is 8.45. The fraction of sp³-hybridized carbons (Fsp3) is 0.467. The highest BCUT2D eigenvalue weighted by Gasteiger charge is 2.15. The molecule has 0 aliphatic heterocycles. The van der Waals surface area contributed by atoms with Gasteiger partial charge in [0.15, 0.2) is 5.82 Å². The van der Waals surface area contributed by atoms with Gasteiger partial charge in [0.2, 0.25) is 0 Å². The van der Waals surface area contributed by atoms with Crippen molar-refractivity contribution >= 4 is 46.2 Å². The van der Waals surface area contributed by atoms with Crippen LogP contribution in [0, 0.1) is 9.39 Å². The molecule has 2 amide bonds. The van der Waals surface area contributed by atoms with E-state index in [2.05, 4.69) is 10.6 Å². The van der Waals surface area contributed by atoms with Crippen molar-refractivity contribution in [3.8, 4) is 0 Å². The maximum atomic E-state index is 13.4. The summed E-state index contributed by atoms with van der Waals surface area (Å²) in [4.78, 5) is 23.3. The zero-order valence-electron chi connectivity index (χ0n) is 13.1. The molecule has 23 heavy (non-hydrogen) atoms. The SMILES string of the molecule is CC(C)(C)OC(=O)NCCCNC(=O)c1cc(Cl)c(F)c(I)c1. The number of nitrogens with one attached hydrogen (secondary N) is 2. The molecule has 5 nitrogen and oxygen atoms in total. The molecule has 0 saturated carbocycles. The fourth-order valence-corrected chi connectivity index (χ4v) is 2.59. The van der Waals surface area contributed by atoms with E-state index >= 15 is 0 Å². The Morgan fingerprint density at radius 1 is 1.26 bits per heavy atom. The second-order valence-electron chi connectivity index (χ2n) is 5.79. The van der Waals surface area contributed by atoms with E-state index in [4.69, 9.17) is 16.3 Å². The van der Waals surface area contributed by atoms with Gasteiger partial charge in [-0.1, -0.05) is 11.6 Å². The summed E-state index contributed by atoms with van der Waals surface area (Å²) in [6.45, 7) is 6.07. The van der Waals surface area contributed by atoms with E-state index in [1.54, 1.807) is 43.4 Å². The minimum Gasteiger partial charge on any atom is -0.444 e. The first kappa shape index (κ1) is 20.0. The fourth-order valence-electron chi connectivity index (χ4n) is 1.58. The molecule has 0 radical (unpaired) electrons. The lowest BCUT2D eigenvalue weighted by Crippen LogP contribution is -2.34. The standard InChI is InChI=1S/C15H19ClFIN2O3/c1-15(2,3)23-14(22)20-6-4-5-19-13(21)9-7-10(16)12(17)11(18)8-9/h7-8H,4-6H2,1-3H3,(H,19,21)(H,20,22). The van der Waals surface area contributed by atoms with Crippen LogP contribution in [0.1, 0.15) is 37.6 Å². The van der Waals surface area contributed by atoms with Gasteiger partial charge in [-0.15, -0.1) is 0 Å². The smallest absolute Gasteiger partial charge is 0.407 e. The lowest BCUT2D eigenvalue weighted by Gasteiger charge is -2.19. The molecule has 0 unspecified atom stereocenters. The Morgan fingerprint density at radius 2 is 1.87 bits per heavy atom. The van der Waals surface area contributed by atoms with Crippen LogP contribution in [0.4, 0.5) is 9.18 Å². The largest absolute Gasteiger partial charge is 0.444 e. The van der Waals surface area contributed by atoms with Crippen LogP contribution in [0.3, 0.4) is 0 Å². The highest BCUT2D eigenvalue weighted by atomic mass is 127. The number of hydrogen-bond donors (Lipinski definition) is 2. The third-order valence-corrected chi connectivity index (χ3v) is 3.61. The van der Waals surface area contributed by atoms with Crippen molar-refractivity contribution < 1.29 is 18.7 Å². The summed E-state index contributed by atoms with van der Waals surface area (Å²) in [5.74, 6) is -0.882. The molecule has 1 rings (SSSR count). The number of alkyl carbamates (subject to hydrolysis) is 1. The Balaban J connectivity index is 2.34. The minimum absolute atomic E-state index is 0.0892. The summed E-state index contributed by atoms with van der Waals surface area (Å²) < 4.78 is 18.8. The molecule has 0 spiro atoms. The second-order valence-corrected chi connectivity index (χ2v) is 7.36. The molecule has 0 fully saturated rings. The van der Waals surface area contributed by atoms with Crippen molar-refractivity contribution in [3.05, 3.63) is 32.1 Å². The normalized spacial score (nSPS) is 11.0. The summed E-state index contributed by atoms with van der Waals surface area (Å²) in [5.41, 5.74) is -0.252. The average molecular weight is 457 g/mol. The Kier molecular flexibility index (Phi) is 7.53. The highest BCUT2D eigenvalue weighted by molar-refractivity contribution is 14.1. The molecule has 0 aromatic heterocycles. The van der Waals surface area contributed by atoms with Crippen LogP contribution in [0.5, 0.6) is 0 Å². The predicted molar refractivity (Wildman–Crippen MR) is 95.3 cm³/mol. The molecule has 128 valence electrons. The predicted octanol–water partition coefficient (Wildman–Crippen LogP) is 3.73. The number of halogens is 3. The van der Waals surface area contributed by atoms with Gasteiger partial charge in [0.1, 0.15) is 5.60 Å². The number of benzene rings is 1. The quantitative estimate of drug-likeness (QED) is 0.403. The van der Waals surface area contributed by atoms with E-state index in [9.17, 15) is 14.0 Å².